The monoisotopic (exact) mass is 354 g/mol. The Bertz CT molecular complexity index is 819. The summed E-state index contributed by atoms with van der Waals surface area (Å²) in [5, 5.41) is 16.3. The zero-order valence-corrected chi connectivity index (χ0v) is 15.8. The quantitative estimate of drug-likeness (QED) is 0.744. The molecule has 138 valence electrons. The van der Waals surface area contributed by atoms with Gasteiger partial charge in [0.1, 0.15) is 17.6 Å². The zero-order chi connectivity index (χ0) is 19.2. The van der Waals surface area contributed by atoms with Gasteiger partial charge in [-0.05, 0) is 36.6 Å². The van der Waals surface area contributed by atoms with Crippen molar-refractivity contribution in [2.45, 2.75) is 34.1 Å². The third-order valence-corrected chi connectivity index (χ3v) is 3.65. The Kier molecular flexibility index (Phi) is 6.40. The number of nitrogens with one attached hydrogen (secondary N) is 2. The minimum Gasteiger partial charge on any atom is -0.494 e. The summed E-state index contributed by atoms with van der Waals surface area (Å²) in [6.45, 7) is 9.57. The average Bonchev–Trinajstić information content (AvgIpc) is 2.56. The molecule has 0 spiro atoms. The Morgan fingerprint density at radius 3 is 2.69 bits per heavy atom. The number of anilines is 1. The molecular weight excluding hydrogens is 328 g/mol. The number of aromatic nitrogens is 1. The van der Waals surface area contributed by atoms with Gasteiger partial charge in [0.2, 0.25) is 5.91 Å². The first-order chi connectivity index (χ1) is 12.3. The molecule has 2 N–H and O–H groups in total. The fourth-order valence-electron chi connectivity index (χ4n) is 2.56. The number of nitrogens with zero attached hydrogens (tertiary/aromatic N) is 2. The fraction of sp³-hybridized carbons (Fsp3) is 0.450. The number of amides is 1. The van der Waals surface area contributed by atoms with E-state index in [0.717, 1.165) is 16.7 Å². The Hall–Kier alpha value is -2.81. The second-order valence-corrected chi connectivity index (χ2v) is 7.30. The van der Waals surface area contributed by atoms with Crippen LogP contribution in [-0.2, 0) is 4.79 Å². The van der Waals surface area contributed by atoms with Crippen molar-refractivity contribution in [3.8, 4) is 11.8 Å². The van der Waals surface area contributed by atoms with Crippen LogP contribution in [0, 0.1) is 16.7 Å². The molecule has 26 heavy (non-hydrogen) atoms. The smallest absolute Gasteiger partial charge is 0.220 e. The first-order valence-corrected chi connectivity index (χ1v) is 8.80. The maximum Gasteiger partial charge on any atom is 0.220 e. The van der Waals surface area contributed by atoms with Crippen LogP contribution in [0.4, 0.5) is 5.82 Å². The van der Waals surface area contributed by atoms with Gasteiger partial charge in [0.25, 0.3) is 0 Å². The number of carbonyl (C=O) groups excluding carboxylic acids is 1. The van der Waals surface area contributed by atoms with Gasteiger partial charge in [-0.15, -0.1) is 0 Å². The largest absolute Gasteiger partial charge is 0.494 e. The highest BCUT2D eigenvalue weighted by Crippen LogP contribution is 2.24. The molecule has 0 radical (unpaired) electrons. The number of benzene rings is 1. The van der Waals surface area contributed by atoms with Gasteiger partial charge in [-0.3, -0.25) is 4.79 Å². The molecule has 0 aliphatic carbocycles. The second-order valence-electron chi connectivity index (χ2n) is 7.30. The van der Waals surface area contributed by atoms with E-state index in [0.29, 0.717) is 37.5 Å². The Balaban J connectivity index is 2.02. The van der Waals surface area contributed by atoms with Crippen LogP contribution in [0.3, 0.4) is 0 Å². The summed E-state index contributed by atoms with van der Waals surface area (Å²) in [5.41, 5.74) is 1.21. The number of pyridine rings is 1. The van der Waals surface area contributed by atoms with E-state index in [1.165, 1.54) is 0 Å². The summed E-state index contributed by atoms with van der Waals surface area (Å²) >= 11 is 0. The summed E-state index contributed by atoms with van der Waals surface area (Å²) in [6, 6.07) is 9.58. The van der Waals surface area contributed by atoms with Gasteiger partial charge in [0.15, 0.2) is 0 Å². The predicted molar refractivity (Wildman–Crippen MR) is 103 cm³/mol. The molecule has 2 rings (SSSR count). The van der Waals surface area contributed by atoms with Crippen molar-refractivity contribution in [1.29, 1.82) is 5.26 Å². The van der Waals surface area contributed by atoms with Gasteiger partial charge < -0.3 is 15.4 Å². The SMILES string of the molecule is CCOc1ccc2nc(NCCNC(=O)CC(C)(C)C)c(C#N)cc2c1. The van der Waals surface area contributed by atoms with Crippen LogP contribution >= 0.6 is 0 Å². The van der Waals surface area contributed by atoms with E-state index < -0.39 is 0 Å². The average molecular weight is 354 g/mol. The lowest BCUT2D eigenvalue weighted by atomic mass is 9.92. The van der Waals surface area contributed by atoms with Gasteiger partial charge in [0, 0.05) is 24.9 Å². The van der Waals surface area contributed by atoms with E-state index >= 15 is 0 Å². The van der Waals surface area contributed by atoms with Gasteiger partial charge in [-0.1, -0.05) is 20.8 Å². The van der Waals surface area contributed by atoms with Crippen LogP contribution < -0.4 is 15.4 Å². The van der Waals surface area contributed by atoms with E-state index in [-0.39, 0.29) is 11.3 Å². The lowest BCUT2D eigenvalue weighted by molar-refractivity contribution is -0.122. The van der Waals surface area contributed by atoms with Gasteiger partial charge in [-0.25, -0.2) is 4.98 Å². The molecule has 1 aromatic carbocycles. The van der Waals surface area contributed by atoms with E-state index in [1.807, 2.05) is 45.9 Å². The minimum atomic E-state index is -0.0360. The second kappa shape index (κ2) is 8.52. The molecule has 0 saturated heterocycles. The normalized spacial score (nSPS) is 11.0. The molecular formula is C20H26N4O2. The molecule has 0 bridgehead atoms. The molecule has 2 aromatic rings. The topological polar surface area (TPSA) is 87.0 Å². The number of nitriles is 1. The van der Waals surface area contributed by atoms with Crippen LogP contribution in [0.15, 0.2) is 24.3 Å². The maximum atomic E-state index is 11.8. The lowest BCUT2D eigenvalue weighted by Gasteiger charge is -2.17. The van der Waals surface area contributed by atoms with E-state index in [4.69, 9.17) is 4.74 Å². The molecule has 1 aromatic heterocycles. The molecule has 0 aliphatic heterocycles. The number of ether oxygens (including phenoxy) is 1. The summed E-state index contributed by atoms with van der Waals surface area (Å²) in [7, 11) is 0. The first kappa shape index (κ1) is 19.5. The summed E-state index contributed by atoms with van der Waals surface area (Å²) in [5.74, 6) is 1.30. The maximum absolute atomic E-state index is 11.8. The molecule has 0 saturated carbocycles. The number of rotatable bonds is 7. The highest BCUT2D eigenvalue weighted by molar-refractivity contribution is 5.84. The number of hydrogen-bond acceptors (Lipinski definition) is 5. The molecule has 6 heteroatoms. The summed E-state index contributed by atoms with van der Waals surface area (Å²) in [4.78, 5) is 16.4. The highest BCUT2D eigenvalue weighted by atomic mass is 16.5. The van der Waals surface area contributed by atoms with Crippen molar-refractivity contribution in [2.75, 3.05) is 25.0 Å². The van der Waals surface area contributed by atoms with Crippen molar-refractivity contribution in [2.24, 2.45) is 5.41 Å². The van der Waals surface area contributed by atoms with E-state index in [2.05, 4.69) is 21.7 Å². The van der Waals surface area contributed by atoms with Crippen LogP contribution in [-0.4, -0.2) is 30.6 Å². The molecule has 6 nitrogen and oxygen atoms in total. The van der Waals surface area contributed by atoms with Gasteiger partial charge >= 0.3 is 0 Å². The van der Waals surface area contributed by atoms with Crippen molar-refractivity contribution < 1.29 is 9.53 Å². The third-order valence-electron chi connectivity index (χ3n) is 3.65. The number of hydrogen-bond donors (Lipinski definition) is 2. The van der Waals surface area contributed by atoms with Crippen LogP contribution in [0.5, 0.6) is 5.75 Å². The van der Waals surface area contributed by atoms with Crippen LogP contribution in [0.2, 0.25) is 0 Å². The lowest BCUT2D eigenvalue weighted by Crippen LogP contribution is -2.31. The van der Waals surface area contributed by atoms with Gasteiger partial charge in [-0.2, -0.15) is 5.26 Å². The zero-order valence-electron chi connectivity index (χ0n) is 15.8. The highest BCUT2D eigenvalue weighted by Gasteiger charge is 2.15. The Morgan fingerprint density at radius 2 is 2.04 bits per heavy atom. The standard InChI is InChI=1S/C20H26N4O2/c1-5-26-16-6-7-17-14(11-16)10-15(13-21)19(24-17)23-9-8-22-18(25)12-20(2,3)4/h6-7,10-11H,5,8-9,12H2,1-4H3,(H,22,25)(H,23,24). The predicted octanol–water partition coefficient (Wildman–Crippen LogP) is 3.47. The van der Waals surface area contributed by atoms with Crippen LogP contribution in [0.1, 0.15) is 39.7 Å². The molecule has 1 heterocycles. The minimum absolute atomic E-state index is 0.0229. The Morgan fingerprint density at radius 1 is 1.27 bits per heavy atom. The fourth-order valence-corrected chi connectivity index (χ4v) is 2.56. The van der Waals surface area contributed by atoms with Crippen molar-refractivity contribution in [1.82, 2.24) is 10.3 Å². The number of fused-ring (bicyclic) bond motifs is 1. The molecule has 1 amide bonds. The molecule has 0 atom stereocenters. The first-order valence-electron chi connectivity index (χ1n) is 8.80. The molecule has 0 aliphatic rings. The third kappa shape index (κ3) is 5.62. The van der Waals surface area contributed by atoms with Crippen molar-refractivity contribution in [3.05, 3.63) is 29.8 Å². The summed E-state index contributed by atoms with van der Waals surface area (Å²) < 4.78 is 5.49. The number of carbonyl (C=O) groups is 1. The van der Waals surface area contributed by atoms with Crippen LogP contribution in [0.25, 0.3) is 10.9 Å². The van der Waals surface area contributed by atoms with Crippen molar-refractivity contribution in [3.63, 3.8) is 0 Å². The van der Waals surface area contributed by atoms with Crippen molar-refractivity contribution >= 4 is 22.6 Å². The van der Waals surface area contributed by atoms with E-state index in [1.54, 1.807) is 6.07 Å². The molecule has 0 fully saturated rings. The van der Waals surface area contributed by atoms with Gasteiger partial charge in [0.05, 0.1) is 17.7 Å². The van der Waals surface area contributed by atoms with E-state index in [9.17, 15) is 10.1 Å². The Labute approximate surface area is 154 Å². The molecule has 0 unspecified atom stereocenters. The summed E-state index contributed by atoms with van der Waals surface area (Å²) in [6.07, 6.45) is 0.479.